The predicted octanol–water partition coefficient (Wildman–Crippen LogP) is 6.26. The highest BCUT2D eigenvalue weighted by Gasteiger charge is 2.52. The van der Waals surface area contributed by atoms with E-state index in [9.17, 15) is 4.39 Å². The van der Waals surface area contributed by atoms with Crippen molar-refractivity contribution in [2.24, 2.45) is 0 Å². The van der Waals surface area contributed by atoms with E-state index in [0.29, 0.717) is 0 Å². The Labute approximate surface area is 152 Å². The molecule has 3 aromatic carbocycles. The van der Waals surface area contributed by atoms with Crippen molar-refractivity contribution in [3.05, 3.63) is 113 Å². The van der Waals surface area contributed by atoms with Crippen LogP contribution in [-0.2, 0) is 5.41 Å². The van der Waals surface area contributed by atoms with Gasteiger partial charge >= 0.3 is 0 Å². The summed E-state index contributed by atoms with van der Waals surface area (Å²) >= 11 is 0. The Morgan fingerprint density at radius 3 is 2.15 bits per heavy atom. The van der Waals surface area contributed by atoms with Crippen molar-refractivity contribution < 1.29 is 4.39 Å². The fraction of sp³-hybridized carbons (Fsp3) is 0.120. The lowest BCUT2D eigenvalue weighted by molar-refractivity contribution is 0.621. The number of halogens is 1. The Bertz CT molecular complexity index is 1100. The molecule has 0 heterocycles. The van der Waals surface area contributed by atoms with Crippen molar-refractivity contribution in [1.29, 1.82) is 0 Å². The molecule has 0 saturated heterocycles. The van der Waals surface area contributed by atoms with Crippen LogP contribution in [0.2, 0.25) is 0 Å². The van der Waals surface area contributed by atoms with E-state index >= 15 is 0 Å². The molecule has 3 aliphatic carbocycles. The lowest BCUT2D eigenvalue weighted by atomic mass is 9.69. The Morgan fingerprint density at radius 1 is 0.731 bits per heavy atom. The molecule has 0 nitrogen and oxygen atoms in total. The van der Waals surface area contributed by atoms with Crippen LogP contribution in [0.15, 0.2) is 84.5 Å². The highest BCUT2D eigenvalue weighted by molar-refractivity contribution is 5.95. The van der Waals surface area contributed by atoms with E-state index in [1.54, 1.807) is 12.1 Å². The van der Waals surface area contributed by atoms with Crippen LogP contribution in [0, 0.1) is 5.82 Å². The third kappa shape index (κ3) is 1.51. The lowest BCUT2D eigenvalue weighted by Gasteiger charge is -2.32. The minimum atomic E-state index is -0.378. The van der Waals surface area contributed by atoms with E-state index < -0.39 is 0 Å². The van der Waals surface area contributed by atoms with Gasteiger partial charge < -0.3 is 0 Å². The van der Waals surface area contributed by atoms with Gasteiger partial charge in [0.15, 0.2) is 0 Å². The van der Waals surface area contributed by atoms with E-state index in [1.165, 1.54) is 39.0 Å². The van der Waals surface area contributed by atoms with Gasteiger partial charge in [-0.2, -0.15) is 0 Å². The molecule has 1 heteroatoms. The molecule has 0 saturated carbocycles. The molecular formula is C25H17F. The third-order valence-electron chi connectivity index (χ3n) is 6.24. The zero-order chi connectivity index (χ0) is 17.3. The largest absolute Gasteiger partial charge is 0.207 e. The summed E-state index contributed by atoms with van der Waals surface area (Å²) in [4.78, 5) is 0. The summed E-state index contributed by atoms with van der Waals surface area (Å²) in [7, 11) is 0. The Balaban J connectivity index is 1.84. The van der Waals surface area contributed by atoms with Gasteiger partial charge in [0.1, 0.15) is 5.82 Å². The van der Waals surface area contributed by atoms with Crippen molar-refractivity contribution >= 4 is 5.57 Å². The Hall–Kier alpha value is -2.93. The van der Waals surface area contributed by atoms with Gasteiger partial charge in [0.2, 0.25) is 0 Å². The molecule has 0 aromatic heterocycles. The average molecular weight is 336 g/mol. The summed E-state index contributed by atoms with van der Waals surface area (Å²) in [5.74, 6) is -0.159. The van der Waals surface area contributed by atoms with Gasteiger partial charge in [-0.1, -0.05) is 66.7 Å². The third-order valence-corrected chi connectivity index (χ3v) is 6.24. The fourth-order valence-electron chi connectivity index (χ4n) is 5.35. The van der Waals surface area contributed by atoms with Crippen LogP contribution in [0.5, 0.6) is 0 Å². The standard InChI is InChI=1S/C25H17F/c26-16-13-14-20-19-9-3-6-12-23(19)25(24(20)15-16)21-10-4-1-7-17(21)18-8-2-5-11-22(18)25/h1-2,4-8,10-15H,3,9H2. The minimum absolute atomic E-state index is 0.159. The molecule has 124 valence electrons. The predicted molar refractivity (Wildman–Crippen MR) is 103 cm³/mol. The van der Waals surface area contributed by atoms with Gasteiger partial charge in [-0.3, -0.25) is 0 Å². The van der Waals surface area contributed by atoms with Crippen LogP contribution in [0.3, 0.4) is 0 Å². The molecule has 1 spiro atoms. The molecule has 0 fully saturated rings. The molecule has 0 aliphatic heterocycles. The molecule has 0 amide bonds. The fourth-order valence-corrected chi connectivity index (χ4v) is 5.35. The summed E-state index contributed by atoms with van der Waals surface area (Å²) in [6.45, 7) is 0. The number of hydrogen-bond acceptors (Lipinski definition) is 0. The van der Waals surface area contributed by atoms with Gasteiger partial charge in [-0.15, -0.1) is 0 Å². The van der Waals surface area contributed by atoms with Crippen LogP contribution < -0.4 is 0 Å². The van der Waals surface area contributed by atoms with E-state index in [4.69, 9.17) is 0 Å². The quantitative estimate of drug-likeness (QED) is 0.455. The van der Waals surface area contributed by atoms with Crippen molar-refractivity contribution in [2.45, 2.75) is 18.3 Å². The summed E-state index contributed by atoms with van der Waals surface area (Å²) in [5.41, 5.74) is 9.77. The van der Waals surface area contributed by atoms with Gasteiger partial charge in [0.05, 0.1) is 5.41 Å². The molecule has 0 N–H and O–H groups in total. The first-order valence-corrected chi connectivity index (χ1v) is 9.22. The van der Waals surface area contributed by atoms with Gasteiger partial charge in [0.25, 0.3) is 0 Å². The van der Waals surface area contributed by atoms with Crippen LogP contribution in [-0.4, -0.2) is 0 Å². The van der Waals surface area contributed by atoms with Crippen LogP contribution in [0.1, 0.15) is 35.1 Å². The highest BCUT2D eigenvalue weighted by Crippen LogP contribution is 2.63. The number of benzene rings is 3. The molecule has 0 bridgehead atoms. The normalized spacial score (nSPS) is 17.9. The van der Waals surface area contributed by atoms with Crippen molar-refractivity contribution in [1.82, 2.24) is 0 Å². The minimum Gasteiger partial charge on any atom is -0.207 e. The molecule has 0 radical (unpaired) electrons. The SMILES string of the molecule is Fc1ccc2c(c1)C1(C3=C2CCC=C3)c2ccccc2-c2ccccc21. The smallest absolute Gasteiger partial charge is 0.123 e. The first kappa shape index (κ1) is 14.3. The topological polar surface area (TPSA) is 0 Å². The Kier molecular flexibility index (Phi) is 2.65. The summed E-state index contributed by atoms with van der Waals surface area (Å²) in [6.07, 6.45) is 6.63. The van der Waals surface area contributed by atoms with E-state index in [0.717, 1.165) is 18.4 Å². The average Bonchev–Trinajstić information content (AvgIpc) is 3.15. The van der Waals surface area contributed by atoms with E-state index in [2.05, 4.69) is 60.7 Å². The zero-order valence-corrected chi connectivity index (χ0v) is 14.3. The number of rotatable bonds is 0. The van der Waals surface area contributed by atoms with Gasteiger partial charge in [0, 0.05) is 0 Å². The van der Waals surface area contributed by atoms with E-state index in [1.807, 2.05) is 6.07 Å². The second-order valence-corrected chi connectivity index (χ2v) is 7.36. The lowest BCUT2D eigenvalue weighted by Crippen LogP contribution is -2.27. The van der Waals surface area contributed by atoms with Crippen LogP contribution in [0.4, 0.5) is 4.39 Å². The maximum atomic E-state index is 14.4. The summed E-state index contributed by atoms with van der Waals surface area (Å²) in [6, 6.07) is 22.6. The number of hydrogen-bond donors (Lipinski definition) is 0. The maximum absolute atomic E-state index is 14.4. The number of allylic oxidation sites excluding steroid dienone is 4. The Morgan fingerprint density at radius 2 is 1.42 bits per heavy atom. The highest BCUT2D eigenvalue weighted by atomic mass is 19.1. The molecule has 26 heavy (non-hydrogen) atoms. The molecule has 3 aliphatic rings. The molecule has 6 rings (SSSR count). The second-order valence-electron chi connectivity index (χ2n) is 7.36. The first-order valence-electron chi connectivity index (χ1n) is 9.22. The monoisotopic (exact) mass is 336 g/mol. The van der Waals surface area contributed by atoms with Crippen LogP contribution >= 0.6 is 0 Å². The maximum Gasteiger partial charge on any atom is 0.123 e. The molecular weight excluding hydrogens is 319 g/mol. The molecule has 0 atom stereocenters. The summed E-state index contributed by atoms with van der Waals surface area (Å²) < 4.78 is 14.4. The summed E-state index contributed by atoms with van der Waals surface area (Å²) in [5, 5.41) is 0. The zero-order valence-electron chi connectivity index (χ0n) is 14.3. The van der Waals surface area contributed by atoms with Gasteiger partial charge in [-0.05, 0) is 69.5 Å². The van der Waals surface area contributed by atoms with Crippen molar-refractivity contribution in [3.8, 4) is 11.1 Å². The van der Waals surface area contributed by atoms with E-state index in [-0.39, 0.29) is 11.2 Å². The van der Waals surface area contributed by atoms with Gasteiger partial charge in [-0.25, -0.2) is 4.39 Å². The van der Waals surface area contributed by atoms with Crippen molar-refractivity contribution in [2.75, 3.05) is 0 Å². The van der Waals surface area contributed by atoms with Crippen LogP contribution in [0.25, 0.3) is 16.7 Å². The second kappa shape index (κ2) is 4.82. The first-order chi connectivity index (χ1) is 12.8. The van der Waals surface area contributed by atoms with Crippen molar-refractivity contribution in [3.63, 3.8) is 0 Å². The molecule has 3 aromatic rings. The number of fused-ring (bicyclic) bond motifs is 9. The molecule has 0 unspecified atom stereocenters.